The maximum absolute atomic E-state index is 12.5. The Morgan fingerprint density at radius 1 is 1.21 bits per heavy atom. The normalized spacial score (nSPS) is 12.3. The summed E-state index contributed by atoms with van der Waals surface area (Å²) in [4.78, 5) is 23.3. The Bertz CT molecular complexity index is 1140. The number of fused-ring (bicyclic) bond motifs is 1. The number of nitrogens with zero attached hydrogens (tertiary/aromatic N) is 3. The van der Waals surface area contributed by atoms with Crippen LogP contribution in [0.15, 0.2) is 54.9 Å². The van der Waals surface area contributed by atoms with Crippen LogP contribution in [0.4, 0.5) is 11.5 Å². The fourth-order valence-electron chi connectivity index (χ4n) is 3.36. The Balaban J connectivity index is 1.96. The van der Waals surface area contributed by atoms with Crippen molar-refractivity contribution in [2.75, 3.05) is 51.6 Å². The number of halogens is 1. The molecule has 0 radical (unpaired) electrons. The molecule has 0 saturated heterocycles. The topological polar surface area (TPSA) is 88.6 Å². The molecular weight excluding hydrogens is 454 g/mol. The molecule has 1 atom stereocenters. The molecule has 1 aromatic heterocycles. The van der Waals surface area contributed by atoms with Crippen LogP contribution in [0.3, 0.4) is 0 Å². The number of likely N-dealkylation sites (N-methyl/N-ethyl adjacent to an activating group) is 1. The van der Waals surface area contributed by atoms with Crippen molar-refractivity contribution in [3.05, 3.63) is 65.5 Å². The minimum absolute atomic E-state index is 0.168. The summed E-state index contributed by atoms with van der Waals surface area (Å²) in [5.74, 6) is 0.913. The molecule has 0 spiro atoms. The summed E-state index contributed by atoms with van der Waals surface area (Å²) in [5.41, 5.74) is 2.24. The summed E-state index contributed by atoms with van der Waals surface area (Å²) in [6.45, 7) is 3.43. The van der Waals surface area contributed by atoms with Gasteiger partial charge in [-0.05, 0) is 44.8 Å². The van der Waals surface area contributed by atoms with Gasteiger partial charge in [-0.1, -0.05) is 29.8 Å². The molecule has 34 heavy (non-hydrogen) atoms. The van der Waals surface area contributed by atoms with Crippen molar-refractivity contribution < 1.29 is 14.3 Å². The standard InChI is InChI=1S/C25H30ClN5O3/c1-5-34-23-14-20-19(13-21(23)29-24(32)7-6-12-31(2)3)25(28-16-27-20)30-22(15-33-4)17-8-10-18(26)11-9-17/h6-11,13-14,16,22H,5,12,15H2,1-4H3,(H,29,32)(H,27,28,30)/t22-/m1/s1. The van der Waals surface area contributed by atoms with E-state index in [1.165, 1.54) is 12.4 Å². The molecule has 0 fully saturated rings. The van der Waals surface area contributed by atoms with Gasteiger partial charge in [0, 0.05) is 36.2 Å². The Labute approximate surface area is 204 Å². The zero-order valence-corrected chi connectivity index (χ0v) is 20.6. The summed E-state index contributed by atoms with van der Waals surface area (Å²) in [7, 11) is 5.52. The first-order valence-corrected chi connectivity index (χ1v) is 11.3. The number of ether oxygens (including phenoxy) is 2. The highest BCUT2D eigenvalue weighted by atomic mass is 35.5. The molecule has 2 aromatic carbocycles. The molecule has 0 aliphatic rings. The van der Waals surface area contributed by atoms with E-state index >= 15 is 0 Å². The second-order valence-corrected chi connectivity index (χ2v) is 8.31. The molecule has 2 N–H and O–H groups in total. The lowest BCUT2D eigenvalue weighted by Crippen LogP contribution is -2.17. The van der Waals surface area contributed by atoms with E-state index in [1.807, 2.05) is 56.3 Å². The van der Waals surface area contributed by atoms with E-state index in [1.54, 1.807) is 19.3 Å². The minimum atomic E-state index is -0.244. The van der Waals surface area contributed by atoms with E-state index in [-0.39, 0.29) is 11.9 Å². The molecule has 9 heteroatoms. The van der Waals surface area contributed by atoms with Crippen molar-refractivity contribution in [2.45, 2.75) is 13.0 Å². The van der Waals surface area contributed by atoms with Gasteiger partial charge in [-0.15, -0.1) is 0 Å². The van der Waals surface area contributed by atoms with Crippen LogP contribution < -0.4 is 15.4 Å². The molecule has 180 valence electrons. The fraction of sp³-hybridized carbons (Fsp3) is 0.320. The molecule has 0 unspecified atom stereocenters. The highest BCUT2D eigenvalue weighted by Gasteiger charge is 2.17. The number of aromatic nitrogens is 2. The Morgan fingerprint density at radius 2 is 1.97 bits per heavy atom. The number of carbonyl (C=O) groups excluding carboxylic acids is 1. The zero-order chi connectivity index (χ0) is 24.5. The molecular formula is C25H30ClN5O3. The fourth-order valence-corrected chi connectivity index (χ4v) is 3.49. The Hall–Kier alpha value is -3.20. The van der Waals surface area contributed by atoms with E-state index in [9.17, 15) is 4.79 Å². The van der Waals surface area contributed by atoms with Crippen LogP contribution in [-0.4, -0.2) is 61.7 Å². The number of carbonyl (C=O) groups is 1. The van der Waals surface area contributed by atoms with Gasteiger partial charge in [-0.25, -0.2) is 9.97 Å². The van der Waals surface area contributed by atoms with Crippen LogP contribution in [0, 0.1) is 0 Å². The second-order valence-electron chi connectivity index (χ2n) is 7.88. The molecule has 0 aliphatic carbocycles. The van der Waals surface area contributed by atoms with E-state index in [2.05, 4.69) is 20.6 Å². The van der Waals surface area contributed by atoms with Gasteiger partial charge in [0.25, 0.3) is 0 Å². The second kappa shape index (κ2) is 12.3. The van der Waals surface area contributed by atoms with E-state index in [4.69, 9.17) is 21.1 Å². The number of amides is 1. The first-order valence-electron chi connectivity index (χ1n) is 11.0. The molecule has 8 nitrogen and oxygen atoms in total. The third-order valence-electron chi connectivity index (χ3n) is 4.95. The van der Waals surface area contributed by atoms with Crippen molar-refractivity contribution >= 4 is 39.9 Å². The van der Waals surface area contributed by atoms with Gasteiger partial charge in [-0.2, -0.15) is 0 Å². The molecule has 1 heterocycles. The molecule has 0 bridgehead atoms. The Morgan fingerprint density at radius 3 is 2.65 bits per heavy atom. The number of methoxy groups -OCH3 is 1. The smallest absolute Gasteiger partial charge is 0.248 e. The van der Waals surface area contributed by atoms with Crippen molar-refractivity contribution in [1.29, 1.82) is 0 Å². The number of benzene rings is 2. The predicted molar refractivity (Wildman–Crippen MR) is 137 cm³/mol. The summed E-state index contributed by atoms with van der Waals surface area (Å²) in [6.07, 6.45) is 4.80. The molecule has 0 aliphatic heterocycles. The highest BCUT2D eigenvalue weighted by Crippen LogP contribution is 2.33. The average Bonchev–Trinajstić information content (AvgIpc) is 2.80. The van der Waals surface area contributed by atoms with Crippen molar-refractivity contribution in [2.24, 2.45) is 0 Å². The van der Waals surface area contributed by atoms with Crippen LogP contribution in [0.2, 0.25) is 5.02 Å². The van der Waals surface area contributed by atoms with E-state index in [0.29, 0.717) is 47.6 Å². The van der Waals surface area contributed by atoms with Crippen LogP contribution in [0.25, 0.3) is 10.9 Å². The van der Waals surface area contributed by atoms with E-state index < -0.39 is 0 Å². The largest absolute Gasteiger partial charge is 0.492 e. The summed E-state index contributed by atoms with van der Waals surface area (Å²) in [5, 5.41) is 7.77. The lowest BCUT2D eigenvalue weighted by atomic mass is 10.1. The monoisotopic (exact) mass is 483 g/mol. The average molecular weight is 484 g/mol. The molecule has 1 amide bonds. The van der Waals surface area contributed by atoms with Gasteiger partial charge in [0.2, 0.25) is 5.91 Å². The van der Waals surface area contributed by atoms with Gasteiger partial charge >= 0.3 is 0 Å². The van der Waals surface area contributed by atoms with Gasteiger partial charge in [0.05, 0.1) is 30.5 Å². The van der Waals surface area contributed by atoms with Crippen molar-refractivity contribution in [3.8, 4) is 5.75 Å². The lowest BCUT2D eigenvalue weighted by molar-refractivity contribution is -0.111. The first-order chi connectivity index (χ1) is 16.4. The third-order valence-corrected chi connectivity index (χ3v) is 5.20. The number of hydrogen-bond donors (Lipinski definition) is 2. The predicted octanol–water partition coefficient (Wildman–Crippen LogP) is 4.54. The molecule has 3 rings (SSSR count). The summed E-state index contributed by atoms with van der Waals surface area (Å²) in [6, 6.07) is 11.0. The van der Waals surface area contributed by atoms with Crippen LogP contribution in [-0.2, 0) is 9.53 Å². The zero-order valence-electron chi connectivity index (χ0n) is 19.8. The Kier molecular flexibility index (Phi) is 9.21. The maximum Gasteiger partial charge on any atom is 0.248 e. The van der Waals surface area contributed by atoms with Crippen LogP contribution in [0.5, 0.6) is 5.75 Å². The third kappa shape index (κ3) is 6.90. The van der Waals surface area contributed by atoms with Gasteiger partial charge in [0.15, 0.2) is 0 Å². The quantitative estimate of drug-likeness (QED) is 0.387. The van der Waals surface area contributed by atoms with E-state index in [0.717, 1.165) is 10.9 Å². The summed E-state index contributed by atoms with van der Waals surface area (Å²) >= 11 is 6.05. The van der Waals surface area contributed by atoms with Crippen LogP contribution in [0.1, 0.15) is 18.5 Å². The molecule has 0 saturated carbocycles. The van der Waals surface area contributed by atoms with Gasteiger partial charge in [0.1, 0.15) is 17.9 Å². The number of anilines is 2. The number of nitrogens with one attached hydrogen (secondary N) is 2. The molecule has 3 aromatic rings. The maximum atomic E-state index is 12.5. The number of rotatable bonds is 11. The minimum Gasteiger partial charge on any atom is -0.492 e. The van der Waals surface area contributed by atoms with Gasteiger partial charge < -0.3 is 25.0 Å². The SMILES string of the molecule is CCOc1cc2ncnc(N[C@H](COC)c3ccc(Cl)cc3)c2cc1NC(=O)C=CCN(C)C. The number of hydrogen-bond acceptors (Lipinski definition) is 7. The lowest BCUT2D eigenvalue weighted by Gasteiger charge is -2.20. The van der Waals surface area contributed by atoms with Gasteiger partial charge in [-0.3, -0.25) is 4.79 Å². The first kappa shape index (κ1) is 25.4. The van der Waals surface area contributed by atoms with Crippen LogP contribution >= 0.6 is 11.6 Å². The van der Waals surface area contributed by atoms with Crippen molar-refractivity contribution in [3.63, 3.8) is 0 Å². The highest BCUT2D eigenvalue weighted by molar-refractivity contribution is 6.30. The van der Waals surface area contributed by atoms with Crippen molar-refractivity contribution in [1.82, 2.24) is 14.9 Å². The summed E-state index contributed by atoms with van der Waals surface area (Å²) < 4.78 is 11.2.